The Balaban J connectivity index is 1.90. The number of ketones is 1. The summed E-state index contributed by atoms with van der Waals surface area (Å²) in [5, 5.41) is 3.61. The van der Waals surface area contributed by atoms with E-state index in [2.05, 4.69) is 12.2 Å². The molecular formula is C19H20ClNO2. The minimum Gasteiger partial charge on any atom is -0.494 e. The van der Waals surface area contributed by atoms with Gasteiger partial charge in [-0.3, -0.25) is 4.79 Å². The Morgan fingerprint density at radius 2 is 1.91 bits per heavy atom. The van der Waals surface area contributed by atoms with Gasteiger partial charge in [0.25, 0.3) is 0 Å². The number of hydrogen-bond acceptors (Lipinski definition) is 3. The van der Waals surface area contributed by atoms with Crippen LogP contribution in [0.25, 0.3) is 0 Å². The van der Waals surface area contributed by atoms with Gasteiger partial charge in [-0.1, -0.05) is 37.1 Å². The zero-order valence-corrected chi connectivity index (χ0v) is 13.8. The number of allylic oxidation sites excluding steroid dienone is 1. The summed E-state index contributed by atoms with van der Waals surface area (Å²) >= 11 is 6.03. The first kappa shape index (κ1) is 17.1. The highest BCUT2D eigenvalue weighted by Crippen LogP contribution is 2.20. The zero-order valence-electron chi connectivity index (χ0n) is 13.1. The zero-order chi connectivity index (χ0) is 16.5. The van der Waals surface area contributed by atoms with E-state index in [0.717, 1.165) is 24.3 Å². The summed E-state index contributed by atoms with van der Waals surface area (Å²) in [4.78, 5) is 12.1. The summed E-state index contributed by atoms with van der Waals surface area (Å²) < 4.78 is 5.58. The Kier molecular flexibility index (Phi) is 6.70. The third-order valence-electron chi connectivity index (χ3n) is 3.25. The van der Waals surface area contributed by atoms with E-state index in [1.165, 1.54) is 6.08 Å². The van der Waals surface area contributed by atoms with Gasteiger partial charge in [-0.2, -0.15) is 0 Å². The van der Waals surface area contributed by atoms with Gasteiger partial charge in [-0.25, -0.2) is 0 Å². The van der Waals surface area contributed by atoms with Crippen molar-refractivity contribution in [2.24, 2.45) is 0 Å². The van der Waals surface area contributed by atoms with Crippen molar-refractivity contribution >= 4 is 23.1 Å². The van der Waals surface area contributed by atoms with E-state index in [1.807, 2.05) is 30.3 Å². The maximum Gasteiger partial charge on any atom is 0.187 e. The minimum absolute atomic E-state index is 0.0790. The predicted octanol–water partition coefficient (Wildman–Crippen LogP) is 5.33. The van der Waals surface area contributed by atoms with Crippen LogP contribution >= 0.6 is 11.6 Å². The highest BCUT2D eigenvalue weighted by Gasteiger charge is 2.02. The fraction of sp³-hybridized carbons (Fsp3) is 0.211. The number of nitrogens with one attached hydrogen (secondary N) is 1. The average Bonchev–Trinajstić information content (AvgIpc) is 2.57. The molecule has 0 fully saturated rings. The van der Waals surface area contributed by atoms with Crippen molar-refractivity contribution in [3.05, 3.63) is 71.4 Å². The molecule has 0 atom stereocenters. The Morgan fingerprint density at radius 1 is 1.17 bits per heavy atom. The van der Waals surface area contributed by atoms with Gasteiger partial charge in [0.1, 0.15) is 5.75 Å². The summed E-state index contributed by atoms with van der Waals surface area (Å²) in [6, 6.07) is 14.5. The van der Waals surface area contributed by atoms with Crippen LogP contribution in [-0.4, -0.2) is 12.4 Å². The molecule has 0 heterocycles. The van der Waals surface area contributed by atoms with Gasteiger partial charge in [-0.15, -0.1) is 0 Å². The number of carbonyl (C=O) groups is 1. The lowest BCUT2D eigenvalue weighted by atomic mass is 10.1. The first-order valence-electron chi connectivity index (χ1n) is 7.65. The second-order valence-corrected chi connectivity index (χ2v) is 5.46. The van der Waals surface area contributed by atoms with Gasteiger partial charge in [0, 0.05) is 17.8 Å². The Hall–Kier alpha value is -2.26. The van der Waals surface area contributed by atoms with Crippen molar-refractivity contribution in [1.29, 1.82) is 0 Å². The highest BCUT2D eigenvalue weighted by atomic mass is 35.5. The lowest BCUT2D eigenvalue weighted by Gasteiger charge is -2.05. The molecule has 1 N–H and O–H groups in total. The molecule has 3 nitrogen and oxygen atoms in total. The van der Waals surface area contributed by atoms with Gasteiger partial charge in [0.2, 0.25) is 0 Å². The van der Waals surface area contributed by atoms with E-state index in [9.17, 15) is 4.79 Å². The topological polar surface area (TPSA) is 38.3 Å². The van der Waals surface area contributed by atoms with Crippen LogP contribution in [0.2, 0.25) is 5.02 Å². The van der Waals surface area contributed by atoms with Crippen LogP contribution in [0, 0.1) is 0 Å². The molecule has 4 heteroatoms. The molecule has 0 saturated carbocycles. The van der Waals surface area contributed by atoms with Gasteiger partial charge in [0.05, 0.1) is 17.3 Å². The van der Waals surface area contributed by atoms with Crippen LogP contribution in [0.5, 0.6) is 5.75 Å². The lowest BCUT2D eigenvalue weighted by molar-refractivity contribution is 0.104. The number of hydrogen-bond donors (Lipinski definition) is 1. The first-order chi connectivity index (χ1) is 11.2. The van der Waals surface area contributed by atoms with E-state index in [1.54, 1.807) is 24.4 Å². The van der Waals surface area contributed by atoms with Crippen molar-refractivity contribution in [3.8, 4) is 5.75 Å². The fourth-order valence-corrected chi connectivity index (χ4v) is 2.12. The fourth-order valence-electron chi connectivity index (χ4n) is 1.93. The molecule has 0 spiro atoms. The minimum atomic E-state index is -0.0790. The van der Waals surface area contributed by atoms with Crippen LogP contribution in [0.4, 0.5) is 5.69 Å². The number of unbranched alkanes of at least 4 members (excludes halogenated alkanes) is 1. The molecule has 0 bridgehead atoms. The number of anilines is 1. The molecule has 23 heavy (non-hydrogen) atoms. The molecule has 0 unspecified atom stereocenters. The average molecular weight is 330 g/mol. The summed E-state index contributed by atoms with van der Waals surface area (Å²) in [5.74, 6) is 0.706. The van der Waals surface area contributed by atoms with Gasteiger partial charge < -0.3 is 10.1 Å². The Labute approximate surface area is 141 Å². The van der Waals surface area contributed by atoms with Crippen molar-refractivity contribution < 1.29 is 9.53 Å². The second-order valence-electron chi connectivity index (χ2n) is 5.05. The van der Waals surface area contributed by atoms with Gasteiger partial charge >= 0.3 is 0 Å². The molecule has 0 radical (unpaired) electrons. The third kappa shape index (κ3) is 5.46. The second kappa shape index (κ2) is 9.01. The summed E-state index contributed by atoms with van der Waals surface area (Å²) in [6.07, 6.45) is 5.20. The van der Waals surface area contributed by atoms with Gasteiger partial charge in [0.15, 0.2) is 5.78 Å². The summed E-state index contributed by atoms with van der Waals surface area (Å²) in [6.45, 7) is 2.82. The van der Waals surface area contributed by atoms with Crippen LogP contribution in [0.3, 0.4) is 0 Å². The highest BCUT2D eigenvalue weighted by molar-refractivity contribution is 6.33. The first-order valence-corrected chi connectivity index (χ1v) is 8.03. The SMILES string of the molecule is CCCCOc1ccc(C(=O)/C=C/Nc2ccccc2Cl)cc1. The molecule has 2 aromatic rings. The van der Waals surface area contributed by atoms with Crippen LogP contribution in [0.15, 0.2) is 60.8 Å². The summed E-state index contributed by atoms with van der Waals surface area (Å²) in [5.41, 5.74) is 1.38. The summed E-state index contributed by atoms with van der Waals surface area (Å²) in [7, 11) is 0. The van der Waals surface area contributed by atoms with E-state index >= 15 is 0 Å². The standard InChI is InChI=1S/C19H20ClNO2/c1-2-3-14-23-16-10-8-15(9-11-16)19(22)12-13-21-18-7-5-4-6-17(18)20/h4-13,21H,2-3,14H2,1H3/b13-12+. The number of ether oxygens (including phenoxy) is 1. The van der Waals surface area contributed by atoms with E-state index in [-0.39, 0.29) is 5.78 Å². The quantitative estimate of drug-likeness (QED) is 0.404. The lowest BCUT2D eigenvalue weighted by Crippen LogP contribution is -1.99. The molecule has 0 aliphatic carbocycles. The van der Waals surface area contributed by atoms with Gasteiger partial charge in [-0.05, 0) is 42.8 Å². The molecule has 0 aromatic heterocycles. The van der Waals surface area contributed by atoms with Crippen LogP contribution < -0.4 is 10.1 Å². The Bertz CT molecular complexity index is 665. The number of para-hydroxylation sites is 1. The van der Waals surface area contributed by atoms with Crippen molar-refractivity contribution in [3.63, 3.8) is 0 Å². The normalized spacial score (nSPS) is 10.7. The number of benzene rings is 2. The largest absolute Gasteiger partial charge is 0.494 e. The molecule has 0 aliphatic rings. The Morgan fingerprint density at radius 3 is 2.61 bits per heavy atom. The smallest absolute Gasteiger partial charge is 0.187 e. The predicted molar refractivity (Wildman–Crippen MR) is 95.4 cm³/mol. The molecular weight excluding hydrogens is 310 g/mol. The van der Waals surface area contributed by atoms with Crippen molar-refractivity contribution in [2.75, 3.05) is 11.9 Å². The van der Waals surface area contributed by atoms with Crippen molar-refractivity contribution in [2.45, 2.75) is 19.8 Å². The maximum absolute atomic E-state index is 12.1. The molecule has 0 saturated heterocycles. The monoisotopic (exact) mass is 329 g/mol. The van der Waals surface area contributed by atoms with Crippen LogP contribution in [-0.2, 0) is 0 Å². The molecule has 0 amide bonds. The van der Waals surface area contributed by atoms with E-state index in [0.29, 0.717) is 17.2 Å². The number of carbonyl (C=O) groups excluding carboxylic acids is 1. The molecule has 2 aromatic carbocycles. The number of rotatable bonds is 8. The third-order valence-corrected chi connectivity index (χ3v) is 3.58. The van der Waals surface area contributed by atoms with Crippen molar-refractivity contribution in [1.82, 2.24) is 0 Å². The maximum atomic E-state index is 12.1. The molecule has 0 aliphatic heterocycles. The van der Waals surface area contributed by atoms with Crippen LogP contribution in [0.1, 0.15) is 30.1 Å². The molecule has 2 rings (SSSR count). The molecule has 120 valence electrons. The van der Waals surface area contributed by atoms with E-state index < -0.39 is 0 Å². The van der Waals surface area contributed by atoms with E-state index in [4.69, 9.17) is 16.3 Å². The number of halogens is 1.